The summed E-state index contributed by atoms with van der Waals surface area (Å²) in [5, 5.41) is 28.5. The Morgan fingerprint density at radius 2 is 1.75 bits per heavy atom. The SMILES string of the molecule is C#Cc1cn(C2CCC(C(O)(O)OP3OCc4c(F)c(C(C)(C)C)cc(C(C)(C)C)c4O3)O2)c(=O)[nH]c1=O.CO. The third kappa shape index (κ3) is 6.47. The molecular weight excluding hydrogens is 546 g/mol. The maximum atomic E-state index is 15.5. The highest BCUT2D eigenvalue weighted by atomic mass is 31.2. The molecule has 2 aromatic rings. The molecule has 0 bridgehead atoms. The minimum Gasteiger partial charge on any atom is -0.426 e. The van der Waals surface area contributed by atoms with Crippen molar-refractivity contribution in [1.82, 2.24) is 9.55 Å². The van der Waals surface area contributed by atoms with Gasteiger partial charge in [0.15, 0.2) is 0 Å². The summed E-state index contributed by atoms with van der Waals surface area (Å²) in [6.07, 6.45) is 4.54. The van der Waals surface area contributed by atoms with Crippen LogP contribution >= 0.6 is 8.60 Å². The molecule has 40 heavy (non-hydrogen) atoms. The number of nitrogens with one attached hydrogen (secondary N) is 1. The number of hydrogen-bond donors (Lipinski definition) is 4. The van der Waals surface area contributed by atoms with E-state index < -0.39 is 54.8 Å². The fourth-order valence-electron chi connectivity index (χ4n) is 4.37. The normalized spacial score (nSPS) is 21.1. The number of halogens is 1. The van der Waals surface area contributed by atoms with E-state index in [1.165, 1.54) is 6.20 Å². The van der Waals surface area contributed by atoms with Crippen molar-refractivity contribution < 1.29 is 38.0 Å². The molecule has 3 atom stereocenters. The Labute approximate surface area is 232 Å². The summed E-state index contributed by atoms with van der Waals surface area (Å²) in [6, 6.07) is 1.77. The number of fused-ring (bicyclic) bond motifs is 1. The van der Waals surface area contributed by atoms with E-state index >= 15 is 4.39 Å². The van der Waals surface area contributed by atoms with Crippen molar-refractivity contribution in [3.8, 4) is 18.1 Å². The molecule has 2 aliphatic heterocycles. The highest BCUT2D eigenvalue weighted by molar-refractivity contribution is 7.42. The van der Waals surface area contributed by atoms with Gasteiger partial charge >= 0.3 is 20.3 Å². The topological polar surface area (TPSA) is 152 Å². The first kappa shape index (κ1) is 31.9. The van der Waals surface area contributed by atoms with Crippen LogP contribution in [0.25, 0.3) is 0 Å². The standard InChI is InChI=1S/C26H32FN2O8P.CH4O/c1-8-14-12-29(23(31)28-22(14)30)19-10-9-18(35-19)26(32,33)37-38-34-13-15-20(27)16(24(2,3)4)11-17(21(15)36-38)25(5,6)7;1-2/h1,11-12,18-19,32-33H,9-10,13H2,2-7H3,(H,28,30,31);2H,1H3. The second-order valence-electron chi connectivity index (χ2n) is 11.4. The third-order valence-electron chi connectivity index (χ3n) is 6.46. The van der Waals surface area contributed by atoms with Gasteiger partial charge < -0.3 is 24.6 Å². The Kier molecular flexibility index (Phi) is 9.33. The Hall–Kier alpha value is -2.62. The Morgan fingerprint density at radius 3 is 2.33 bits per heavy atom. The van der Waals surface area contributed by atoms with Crippen molar-refractivity contribution in [3.63, 3.8) is 0 Å². The first-order valence-electron chi connectivity index (χ1n) is 12.6. The molecule has 1 fully saturated rings. The number of hydrogen-bond acceptors (Lipinski definition) is 9. The number of benzene rings is 1. The minimum atomic E-state index is -2.86. The second kappa shape index (κ2) is 11.7. The van der Waals surface area contributed by atoms with Crippen LogP contribution in [0.15, 0.2) is 21.9 Å². The molecule has 0 amide bonds. The summed E-state index contributed by atoms with van der Waals surface area (Å²) in [6.45, 7) is 11.5. The van der Waals surface area contributed by atoms with Crippen LogP contribution in [-0.2, 0) is 31.2 Å². The lowest BCUT2D eigenvalue weighted by molar-refractivity contribution is -0.346. The molecule has 220 valence electrons. The summed E-state index contributed by atoms with van der Waals surface area (Å²) in [5.41, 5.74) is -0.925. The van der Waals surface area contributed by atoms with Gasteiger partial charge in [-0.3, -0.25) is 18.9 Å². The second-order valence-corrected chi connectivity index (χ2v) is 12.5. The number of aliphatic hydroxyl groups is 3. The number of H-pyrrole nitrogens is 1. The highest BCUT2D eigenvalue weighted by Gasteiger charge is 2.48. The molecular formula is C27H36FN2O9P. The third-order valence-corrected chi connectivity index (χ3v) is 7.55. The predicted octanol–water partition coefficient (Wildman–Crippen LogP) is 3.03. The van der Waals surface area contributed by atoms with Crippen LogP contribution < -0.4 is 15.8 Å². The van der Waals surface area contributed by atoms with Crippen molar-refractivity contribution >= 4 is 8.60 Å². The van der Waals surface area contributed by atoms with Crippen LogP contribution in [-0.4, -0.2) is 44.1 Å². The monoisotopic (exact) mass is 582 g/mol. The van der Waals surface area contributed by atoms with E-state index in [1.54, 1.807) is 6.07 Å². The van der Waals surface area contributed by atoms with Gasteiger partial charge in [0.25, 0.3) is 5.56 Å². The number of nitrogens with zero attached hydrogens (tertiary/aromatic N) is 1. The molecule has 1 aromatic carbocycles. The summed E-state index contributed by atoms with van der Waals surface area (Å²) in [7, 11) is -1.35. The van der Waals surface area contributed by atoms with E-state index in [0.717, 1.165) is 17.2 Å². The van der Waals surface area contributed by atoms with E-state index in [1.807, 2.05) is 41.5 Å². The quantitative estimate of drug-likeness (QED) is 0.242. The molecule has 0 radical (unpaired) electrons. The number of aromatic amines is 1. The number of rotatable bonds is 4. The number of aromatic nitrogens is 2. The molecule has 3 unspecified atom stereocenters. The minimum absolute atomic E-state index is 0.0743. The van der Waals surface area contributed by atoms with Gasteiger partial charge in [-0.25, -0.2) is 13.7 Å². The first-order chi connectivity index (χ1) is 18.5. The van der Waals surface area contributed by atoms with E-state index in [0.29, 0.717) is 5.56 Å². The lowest BCUT2D eigenvalue weighted by Gasteiger charge is -2.35. The molecule has 2 aliphatic rings. The highest BCUT2D eigenvalue weighted by Crippen LogP contribution is 2.54. The Bertz CT molecular complexity index is 1400. The molecule has 3 heterocycles. The summed E-state index contributed by atoms with van der Waals surface area (Å²) < 4.78 is 39.1. The zero-order chi connectivity index (χ0) is 30.2. The average Bonchev–Trinajstić information content (AvgIpc) is 3.35. The number of ether oxygens (including phenoxy) is 1. The first-order valence-corrected chi connectivity index (χ1v) is 13.7. The average molecular weight is 583 g/mol. The zero-order valence-corrected chi connectivity index (χ0v) is 24.5. The van der Waals surface area contributed by atoms with Crippen molar-refractivity contribution in [3.05, 3.63) is 61.2 Å². The maximum absolute atomic E-state index is 15.5. The lowest BCUT2D eigenvalue weighted by Crippen LogP contribution is -2.44. The van der Waals surface area contributed by atoms with Crippen molar-refractivity contribution in [2.24, 2.45) is 0 Å². The largest absolute Gasteiger partial charge is 0.426 e. The van der Waals surface area contributed by atoms with Crippen LogP contribution in [0.2, 0.25) is 0 Å². The molecule has 0 spiro atoms. The summed E-state index contributed by atoms with van der Waals surface area (Å²) in [4.78, 5) is 26.1. The zero-order valence-electron chi connectivity index (χ0n) is 23.6. The van der Waals surface area contributed by atoms with Gasteiger partial charge in [-0.2, -0.15) is 0 Å². The Morgan fingerprint density at radius 1 is 1.12 bits per heavy atom. The van der Waals surface area contributed by atoms with E-state index in [9.17, 15) is 19.8 Å². The van der Waals surface area contributed by atoms with Gasteiger partial charge in [0.1, 0.15) is 29.5 Å². The van der Waals surface area contributed by atoms with Gasteiger partial charge in [0.2, 0.25) is 0 Å². The van der Waals surface area contributed by atoms with Crippen LogP contribution in [0.5, 0.6) is 5.75 Å². The fraction of sp³-hybridized carbons (Fsp3) is 0.556. The lowest BCUT2D eigenvalue weighted by atomic mass is 9.78. The molecule has 4 N–H and O–H groups in total. The summed E-state index contributed by atoms with van der Waals surface area (Å²) >= 11 is 0. The van der Waals surface area contributed by atoms with Crippen molar-refractivity contribution in [2.75, 3.05) is 7.11 Å². The molecule has 0 aliphatic carbocycles. The number of aliphatic hydroxyl groups excluding tert-OH is 1. The van der Waals surface area contributed by atoms with Crippen LogP contribution in [0.4, 0.5) is 4.39 Å². The van der Waals surface area contributed by atoms with Crippen molar-refractivity contribution in [1.29, 1.82) is 0 Å². The fourth-order valence-corrected chi connectivity index (χ4v) is 5.44. The van der Waals surface area contributed by atoms with E-state index in [-0.39, 0.29) is 36.3 Å². The van der Waals surface area contributed by atoms with Crippen LogP contribution in [0.3, 0.4) is 0 Å². The van der Waals surface area contributed by atoms with Gasteiger partial charge in [0, 0.05) is 18.9 Å². The smallest absolute Gasteiger partial charge is 0.402 e. The predicted molar refractivity (Wildman–Crippen MR) is 145 cm³/mol. The molecule has 13 heteroatoms. The van der Waals surface area contributed by atoms with Gasteiger partial charge in [-0.05, 0) is 35.3 Å². The molecule has 1 saturated heterocycles. The van der Waals surface area contributed by atoms with Gasteiger partial charge in [0.05, 0.1) is 12.2 Å². The van der Waals surface area contributed by atoms with Gasteiger partial charge in [-0.1, -0.05) is 47.5 Å². The number of terminal acetylenes is 1. The van der Waals surface area contributed by atoms with Crippen molar-refractivity contribution in [2.45, 2.75) is 90.1 Å². The Balaban J connectivity index is 0.00000216. The van der Waals surface area contributed by atoms with E-state index in [2.05, 4.69) is 10.9 Å². The summed E-state index contributed by atoms with van der Waals surface area (Å²) in [5.74, 6) is -0.859. The van der Waals surface area contributed by atoms with Crippen LogP contribution in [0, 0.1) is 18.2 Å². The van der Waals surface area contributed by atoms with E-state index in [4.69, 9.17) is 29.8 Å². The molecule has 1 aromatic heterocycles. The van der Waals surface area contributed by atoms with Crippen LogP contribution in [0.1, 0.15) is 82.9 Å². The maximum Gasteiger partial charge on any atom is 0.402 e. The molecule has 4 rings (SSSR count). The molecule has 0 saturated carbocycles. The van der Waals surface area contributed by atoms with Gasteiger partial charge in [-0.15, -0.1) is 6.42 Å². The molecule has 11 nitrogen and oxygen atoms in total.